The molecule has 1 saturated carbocycles. The average molecular weight is 307 g/mol. The van der Waals surface area contributed by atoms with E-state index in [1.54, 1.807) is 0 Å². The number of ether oxygens (including phenoxy) is 1. The van der Waals surface area contributed by atoms with E-state index in [0.717, 1.165) is 5.92 Å². The third kappa shape index (κ3) is 4.04. The fraction of sp³-hybridized carbons (Fsp3) is 0.625. The Morgan fingerprint density at radius 1 is 1.20 bits per heavy atom. The van der Waals surface area contributed by atoms with Crippen molar-refractivity contribution in [1.82, 2.24) is 0 Å². The molecule has 3 unspecified atom stereocenters. The van der Waals surface area contributed by atoms with Crippen molar-refractivity contribution in [2.45, 2.75) is 57.0 Å². The maximum atomic E-state index is 6.39. The Labute approximate surface area is 125 Å². The highest BCUT2D eigenvalue weighted by Crippen LogP contribution is 2.41. The van der Waals surface area contributed by atoms with Crippen LogP contribution >= 0.6 is 0 Å². The molecule has 0 N–H and O–H groups in total. The molecule has 3 rings (SSSR count). The summed E-state index contributed by atoms with van der Waals surface area (Å²) in [7, 11) is -1.99. The molecular weight excluding hydrogens is 280 g/mol. The predicted molar refractivity (Wildman–Crippen MR) is 88.6 cm³/mol. The summed E-state index contributed by atoms with van der Waals surface area (Å²) in [6.07, 6.45) is 6.61. The van der Waals surface area contributed by atoms with Crippen LogP contribution in [-0.2, 0) is 8.85 Å². The van der Waals surface area contributed by atoms with E-state index in [1.807, 2.05) is 0 Å². The van der Waals surface area contributed by atoms with Crippen LogP contribution in [0.15, 0.2) is 30.3 Å². The number of rotatable bonds is 6. The SMILES string of the molecule is C[Si](C)(CCC1CCC2OC2C1)O[SiH2]c1ccccc1. The lowest BCUT2D eigenvalue weighted by Gasteiger charge is -2.27. The lowest BCUT2D eigenvalue weighted by molar-refractivity contribution is 0.355. The number of epoxide rings is 1. The van der Waals surface area contributed by atoms with Gasteiger partial charge in [0.05, 0.1) is 12.2 Å². The zero-order valence-electron chi connectivity index (χ0n) is 12.7. The monoisotopic (exact) mass is 306 g/mol. The number of benzene rings is 1. The van der Waals surface area contributed by atoms with E-state index in [4.69, 9.17) is 8.85 Å². The molecule has 1 heterocycles. The van der Waals surface area contributed by atoms with Crippen LogP contribution in [-0.4, -0.2) is 30.3 Å². The molecule has 1 aliphatic carbocycles. The van der Waals surface area contributed by atoms with Gasteiger partial charge >= 0.3 is 0 Å². The molecule has 2 nitrogen and oxygen atoms in total. The first kappa shape index (κ1) is 14.5. The standard InChI is InChI=1S/C16H26O2Si2/c1-20(2,18-19-14-6-4-3-5-7-14)11-10-13-8-9-15-16(12-13)17-15/h3-7,13,15-16H,8-12,19H2,1-2H3. The van der Waals surface area contributed by atoms with E-state index in [-0.39, 0.29) is 0 Å². The number of hydrogen-bond acceptors (Lipinski definition) is 2. The third-order valence-corrected chi connectivity index (χ3v) is 10.7. The summed E-state index contributed by atoms with van der Waals surface area (Å²) < 4.78 is 12.0. The Bertz CT molecular complexity index is 435. The summed E-state index contributed by atoms with van der Waals surface area (Å²) in [5.41, 5.74) is 0. The molecule has 0 radical (unpaired) electrons. The second-order valence-electron chi connectivity index (χ2n) is 6.96. The van der Waals surface area contributed by atoms with Crippen molar-refractivity contribution in [1.29, 1.82) is 0 Å². The van der Waals surface area contributed by atoms with Gasteiger partial charge in [-0.15, -0.1) is 0 Å². The molecule has 1 aromatic carbocycles. The molecule has 0 spiro atoms. The van der Waals surface area contributed by atoms with Gasteiger partial charge in [0.25, 0.3) is 0 Å². The minimum Gasteiger partial charge on any atom is -0.457 e. The van der Waals surface area contributed by atoms with Gasteiger partial charge in [-0.3, -0.25) is 0 Å². The summed E-state index contributed by atoms with van der Waals surface area (Å²) in [5.74, 6) is 0.896. The summed E-state index contributed by atoms with van der Waals surface area (Å²) in [6.45, 7) is 4.78. The highest BCUT2D eigenvalue weighted by molar-refractivity contribution is 6.76. The first-order chi connectivity index (χ1) is 9.62. The maximum Gasteiger partial charge on any atom is 0.178 e. The Morgan fingerprint density at radius 2 is 2.00 bits per heavy atom. The molecule has 0 aromatic heterocycles. The van der Waals surface area contributed by atoms with Gasteiger partial charge in [-0.2, -0.15) is 0 Å². The molecule has 2 aliphatic rings. The molecule has 20 heavy (non-hydrogen) atoms. The second-order valence-corrected chi connectivity index (χ2v) is 13.2. The van der Waals surface area contributed by atoms with Crippen molar-refractivity contribution in [2.24, 2.45) is 5.92 Å². The van der Waals surface area contributed by atoms with Gasteiger partial charge in [-0.05, 0) is 49.5 Å². The van der Waals surface area contributed by atoms with E-state index in [1.165, 1.54) is 36.9 Å². The van der Waals surface area contributed by atoms with Gasteiger partial charge in [-0.1, -0.05) is 36.8 Å². The third-order valence-electron chi connectivity index (χ3n) is 4.74. The molecule has 3 atom stereocenters. The molecule has 0 amide bonds. The molecule has 1 saturated heterocycles. The van der Waals surface area contributed by atoms with Gasteiger partial charge in [0, 0.05) is 0 Å². The number of hydrogen-bond donors (Lipinski definition) is 0. The van der Waals surface area contributed by atoms with Crippen LogP contribution in [0.1, 0.15) is 25.7 Å². The molecular formula is C16H26O2Si2. The summed E-state index contributed by atoms with van der Waals surface area (Å²) in [4.78, 5) is 0. The van der Waals surface area contributed by atoms with Gasteiger partial charge in [0.1, 0.15) is 0 Å². The molecule has 0 bridgehead atoms. The van der Waals surface area contributed by atoms with Crippen LogP contribution in [0.2, 0.25) is 19.1 Å². The predicted octanol–water partition coefficient (Wildman–Crippen LogP) is 2.58. The lowest BCUT2D eigenvalue weighted by atomic mass is 9.88. The van der Waals surface area contributed by atoms with E-state index >= 15 is 0 Å². The van der Waals surface area contributed by atoms with Crippen molar-refractivity contribution in [3.05, 3.63) is 30.3 Å². The zero-order chi connectivity index (χ0) is 14.0. The van der Waals surface area contributed by atoms with Crippen molar-refractivity contribution in [2.75, 3.05) is 0 Å². The van der Waals surface area contributed by atoms with Gasteiger partial charge in [0.15, 0.2) is 18.1 Å². The van der Waals surface area contributed by atoms with Gasteiger partial charge in [-0.25, -0.2) is 0 Å². The van der Waals surface area contributed by atoms with Crippen LogP contribution in [0.25, 0.3) is 0 Å². The van der Waals surface area contributed by atoms with Crippen molar-refractivity contribution < 1.29 is 8.85 Å². The number of fused-ring (bicyclic) bond motifs is 1. The first-order valence-electron chi connectivity index (χ1n) is 7.96. The molecule has 4 heteroatoms. The van der Waals surface area contributed by atoms with E-state index in [2.05, 4.69) is 43.4 Å². The molecule has 1 aromatic rings. The summed E-state index contributed by atoms with van der Waals surface area (Å²) >= 11 is 0. The Kier molecular flexibility index (Phi) is 4.45. The average Bonchev–Trinajstić information content (AvgIpc) is 3.23. The summed E-state index contributed by atoms with van der Waals surface area (Å²) in [6, 6.07) is 12.1. The van der Waals surface area contributed by atoms with Crippen molar-refractivity contribution in [3.63, 3.8) is 0 Å². The Hall–Kier alpha value is -0.426. The van der Waals surface area contributed by atoms with Crippen LogP contribution < -0.4 is 5.19 Å². The molecule has 2 fully saturated rings. The normalized spacial score (nSPS) is 29.6. The maximum absolute atomic E-state index is 6.39. The highest BCUT2D eigenvalue weighted by Gasteiger charge is 2.43. The topological polar surface area (TPSA) is 21.8 Å². The minimum atomic E-state index is -1.46. The molecule has 110 valence electrons. The van der Waals surface area contributed by atoms with Crippen molar-refractivity contribution >= 4 is 23.3 Å². The minimum absolute atomic E-state index is 0.529. The van der Waals surface area contributed by atoms with Crippen LogP contribution in [0.4, 0.5) is 0 Å². The van der Waals surface area contributed by atoms with E-state index in [9.17, 15) is 0 Å². The fourth-order valence-corrected chi connectivity index (χ4v) is 7.60. The second kappa shape index (κ2) is 6.14. The fourth-order valence-electron chi connectivity index (χ4n) is 3.23. The van der Waals surface area contributed by atoms with Crippen LogP contribution in [0.5, 0.6) is 0 Å². The van der Waals surface area contributed by atoms with Gasteiger partial charge < -0.3 is 8.85 Å². The smallest absolute Gasteiger partial charge is 0.178 e. The van der Waals surface area contributed by atoms with Crippen molar-refractivity contribution in [3.8, 4) is 0 Å². The van der Waals surface area contributed by atoms with Crippen LogP contribution in [0.3, 0.4) is 0 Å². The van der Waals surface area contributed by atoms with E-state index in [0.29, 0.717) is 12.2 Å². The highest BCUT2D eigenvalue weighted by atomic mass is 28.4. The quantitative estimate of drug-likeness (QED) is 0.595. The molecule has 1 aliphatic heterocycles. The summed E-state index contributed by atoms with van der Waals surface area (Å²) in [5, 5.41) is 1.43. The lowest BCUT2D eigenvalue weighted by Crippen LogP contribution is -2.36. The Morgan fingerprint density at radius 3 is 2.75 bits per heavy atom. The van der Waals surface area contributed by atoms with E-state index < -0.39 is 18.1 Å². The first-order valence-corrected chi connectivity index (χ1v) is 12.4. The Balaban J connectivity index is 1.41. The zero-order valence-corrected chi connectivity index (χ0v) is 15.1. The van der Waals surface area contributed by atoms with Gasteiger partial charge in [0.2, 0.25) is 0 Å². The largest absolute Gasteiger partial charge is 0.457 e. The van der Waals surface area contributed by atoms with Crippen LogP contribution in [0, 0.1) is 5.92 Å².